The third-order valence-corrected chi connectivity index (χ3v) is 2.56. The Kier molecular flexibility index (Phi) is 2.36. The average molecular weight is 272 g/mol. The molecule has 2 aromatic rings. The molecule has 0 fully saturated rings. The van der Waals surface area contributed by atoms with Gasteiger partial charge in [0.05, 0.1) is 9.99 Å². The molecule has 1 N–H and O–H groups in total. The van der Waals surface area contributed by atoms with Crippen LogP contribution < -0.4 is 5.76 Å². The second kappa shape index (κ2) is 3.54. The molecule has 0 aliphatic heterocycles. The largest absolute Gasteiger partial charge is 0.480 e. The first-order chi connectivity index (χ1) is 7.09. The molecule has 0 saturated heterocycles. The van der Waals surface area contributed by atoms with Gasteiger partial charge in [-0.2, -0.15) is 0 Å². The number of nitrogens with zero attached hydrogens (tertiary/aromatic N) is 1. The average Bonchev–Trinajstić information content (AvgIpc) is 2.45. The SMILES string of the molecule is O=C(O)Cn1c(=O)oc2c(Br)cccc21. The van der Waals surface area contributed by atoms with Crippen LogP contribution in [0.1, 0.15) is 0 Å². The second-order valence-electron chi connectivity index (χ2n) is 2.94. The van der Waals surface area contributed by atoms with Crippen LogP contribution in [-0.2, 0) is 11.3 Å². The molecule has 78 valence electrons. The number of rotatable bonds is 2. The van der Waals surface area contributed by atoms with Crippen LogP contribution in [0.4, 0.5) is 0 Å². The molecule has 1 aromatic carbocycles. The molecule has 0 atom stereocenters. The molecule has 0 aliphatic rings. The lowest BCUT2D eigenvalue weighted by Crippen LogP contribution is -2.19. The van der Waals surface area contributed by atoms with Crippen LogP contribution in [0.25, 0.3) is 11.1 Å². The van der Waals surface area contributed by atoms with Crippen molar-refractivity contribution in [1.82, 2.24) is 4.57 Å². The van der Waals surface area contributed by atoms with Crippen LogP contribution in [0, 0.1) is 0 Å². The molecule has 0 bridgehead atoms. The van der Waals surface area contributed by atoms with E-state index < -0.39 is 18.3 Å². The number of halogens is 1. The van der Waals surface area contributed by atoms with Gasteiger partial charge in [-0.3, -0.25) is 9.36 Å². The molecule has 15 heavy (non-hydrogen) atoms. The van der Waals surface area contributed by atoms with Crippen molar-refractivity contribution in [3.8, 4) is 0 Å². The van der Waals surface area contributed by atoms with Gasteiger partial charge in [-0.05, 0) is 28.1 Å². The summed E-state index contributed by atoms with van der Waals surface area (Å²) in [7, 11) is 0. The zero-order valence-corrected chi connectivity index (χ0v) is 9.02. The van der Waals surface area contributed by atoms with E-state index in [9.17, 15) is 9.59 Å². The summed E-state index contributed by atoms with van der Waals surface area (Å²) >= 11 is 3.22. The number of fused-ring (bicyclic) bond motifs is 1. The number of carboxylic acids is 1. The highest BCUT2D eigenvalue weighted by Gasteiger charge is 2.13. The minimum Gasteiger partial charge on any atom is -0.480 e. The van der Waals surface area contributed by atoms with Gasteiger partial charge in [0.25, 0.3) is 0 Å². The Morgan fingerprint density at radius 3 is 2.93 bits per heavy atom. The lowest BCUT2D eigenvalue weighted by Gasteiger charge is -1.96. The van der Waals surface area contributed by atoms with E-state index in [1.165, 1.54) is 0 Å². The smallest absolute Gasteiger partial charge is 0.420 e. The van der Waals surface area contributed by atoms with Gasteiger partial charge in [0.2, 0.25) is 0 Å². The van der Waals surface area contributed by atoms with Crippen LogP contribution in [0.15, 0.2) is 31.9 Å². The van der Waals surface area contributed by atoms with Gasteiger partial charge in [0.15, 0.2) is 5.58 Å². The molecule has 0 amide bonds. The van der Waals surface area contributed by atoms with Crippen molar-refractivity contribution in [3.05, 3.63) is 33.2 Å². The monoisotopic (exact) mass is 271 g/mol. The van der Waals surface area contributed by atoms with Crippen LogP contribution in [-0.4, -0.2) is 15.6 Å². The molecule has 0 aliphatic carbocycles. The molecule has 2 rings (SSSR count). The summed E-state index contributed by atoms with van der Waals surface area (Å²) < 4.78 is 6.63. The summed E-state index contributed by atoms with van der Waals surface area (Å²) in [5, 5.41) is 8.63. The third kappa shape index (κ3) is 1.68. The van der Waals surface area contributed by atoms with Gasteiger partial charge in [-0.25, -0.2) is 4.79 Å². The fraction of sp³-hybridized carbons (Fsp3) is 0.111. The first-order valence-electron chi connectivity index (χ1n) is 4.09. The zero-order valence-electron chi connectivity index (χ0n) is 7.44. The van der Waals surface area contributed by atoms with Crippen molar-refractivity contribution >= 4 is 33.0 Å². The molecular formula is C9H6BrNO4. The van der Waals surface area contributed by atoms with Gasteiger partial charge in [-0.1, -0.05) is 6.07 Å². The molecule has 6 heteroatoms. The summed E-state index contributed by atoms with van der Waals surface area (Å²) in [6, 6.07) is 5.06. The molecule has 0 spiro atoms. The quantitative estimate of drug-likeness (QED) is 0.897. The summed E-state index contributed by atoms with van der Waals surface area (Å²) in [5.41, 5.74) is 0.834. The summed E-state index contributed by atoms with van der Waals surface area (Å²) in [6.45, 7) is -0.401. The molecule has 0 radical (unpaired) electrons. The Morgan fingerprint density at radius 2 is 2.27 bits per heavy atom. The van der Waals surface area contributed by atoms with Crippen molar-refractivity contribution in [1.29, 1.82) is 0 Å². The highest BCUT2D eigenvalue weighted by atomic mass is 79.9. The summed E-state index contributed by atoms with van der Waals surface area (Å²) in [5.74, 6) is -1.75. The first-order valence-corrected chi connectivity index (χ1v) is 4.88. The number of hydrogen-bond acceptors (Lipinski definition) is 3. The van der Waals surface area contributed by atoms with E-state index >= 15 is 0 Å². The van der Waals surface area contributed by atoms with Gasteiger partial charge < -0.3 is 9.52 Å². The maximum atomic E-state index is 11.3. The molecular weight excluding hydrogens is 266 g/mol. The Hall–Kier alpha value is -1.56. The van der Waals surface area contributed by atoms with E-state index in [1.54, 1.807) is 18.2 Å². The van der Waals surface area contributed by atoms with Gasteiger partial charge in [0, 0.05) is 0 Å². The van der Waals surface area contributed by atoms with Crippen molar-refractivity contribution in [2.24, 2.45) is 0 Å². The third-order valence-electron chi connectivity index (χ3n) is 1.94. The molecule has 1 heterocycles. The topological polar surface area (TPSA) is 72.4 Å². The Bertz CT molecular complexity index is 583. The van der Waals surface area contributed by atoms with E-state index in [1.807, 2.05) is 0 Å². The van der Waals surface area contributed by atoms with Crippen molar-refractivity contribution in [2.45, 2.75) is 6.54 Å². The highest BCUT2D eigenvalue weighted by molar-refractivity contribution is 9.10. The van der Waals surface area contributed by atoms with Crippen molar-refractivity contribution in [3.63, 3.8) is 0 Å². The predicted octanol–water partition coefficient (Wildman–Crippen LogP) is 1.44. The highest BCUT2D eigenvalue weighted by Crippen LogP contribution is 2.22. The fourth-order valence-electron chi connectivity index (χ4n) is 1.34. The van der Waals surface area contributed by atoms with E-state index in [-0.39, 0.29) is 0 Å². The molecule has 5 nitrogen and oxygen atoms in total. The maximum Gasteiger partial charge on any atom is 0.420 e. The fourth-order valence-corrected chi connectivity index (χ4v) is 1.77. The minimum atomic E-state index is -1.08. The normalized spacial score (nSPS) is 10.7. The number of carboxylic acid groups (broad SMARTS) is 1. The Labute approximate surface area is 92.1 Å². The minimum absolute atomic E-state index is 0.365. The van der Waals surface area contributed by atoms with Crippen molar-refractivity contribution in [2.75, 3.05) is 0 Å². The van der Waals surface area contributed by atoms with Crippen LogP contribution in [0.2, 0.25) is 0 Å². The molecule has 1 aromatic heterocycles. The number of aromatic nitrogens is 1. The predicted molar refractivity (Wildman–Crippen MR) is 55.8 cm³/mol. The van der Waals surface area contributed by atoms with E-state index in [2.05, 4.69) is 15.9 Å². The standard InChI is InChI=1S/C9H6BrNO4/c10-5-2-1-3-6-8(5)15-9(14)11(6)4-7(12)13/h1-3H,4H2,(H,12,13). The summed E-state index contributed by atoms with van der Waals surface area (Å²) in [4.78, 5) is 21.9. The summed E-state index contributed by atoms with van der Waals surface area (Å²) in [6.07, 6.45) is 0. The van der Waals surface area contributed by atoms with Gasteiger partial charge in [-0.15, -0.1) is 0 Å². The molecule has 0 unspecified atom stereocenters. The van der Waals surface area contributed by atoms with E-state index in [0.717, 1.165) is 4.57 Å². The van der Waals surface area contributed by atoms with Crippen LogP contribution in [0.5, 0.6) is 0 Å². The van der Waals surface area contributed by atoms with Crippen LogP contribution in [0.3, 0.4) is 0 Å². The van der Waals surface area contributed by atoms with Crippen LogP contribution >= 0.6 is 15.9 Å². The number of benzene rings is 1. The number of carbonyl (C=O) groups is 1. The Balaban J connectivity index is 2.74. The van der Waals surface area contributed by atoms with Gasteiger partial charge in [0.1, 0.15) is 6.54 Å². The number of hydrogen-bond donors (Lipinski definition) is 1. The first kappa shape index (κ1) is 9.97. The van der Waals surface area contributed by atoms with Crippen molar-refractivity contribution < 1.29 is 14.3 Å². The van der Waals surface area contributed by atoms with Gasteiger partial charge >= 0.3 is 11.7 Å². The second-order valence-corrected chi connectivity index (χ2v) is 3.79. The lowest BCUT2D eigenvalue weighted by atomic mass is 10.3. The molecule has 0 saturated carbocycles. The Morgan fingerprint density at radius 1 is 1.53 bits per heavy atom. The lowest BCUT2D eigenvalue weighted by molar-refractivity contribution is -0.137. The number of aliphatic carboxylic acids is 1. The number of para-hydroxylation sites is 1. The number of oxazole rings is 1. The van der Waals surface area contributed by atoms with E-state index in [0.29, 0.717) is 15.6 Å². The maximum absolute atomic E-state index is 11.3. The van der Waals surface area contributed by atoms with E-state index in [4.69, 9.17) is 9.52 Å². The zero-order chi connectivity index (χ0) is 11.0.